The van der Waals surface area contributed by atoms with Crippen LogP contribution in [0.25, 0.3) is 0 Å². The molecule has 0 aliphatic heterocycles. The predicted octanol–water partition coefficient (Wildman–Crippen LogP) is 2.59. The second kappa shape index (κ2) is 5.42. The maximum absolute atomic E-state index is 11.7. The molecule has 0 aliphatic rings. The number of thiophene rings is 1. The molecule has 0 fully saturated rings. The Labute approximate surface area is 107 Å². The van der Waals surface area contributed by atoms with E-state index in [1.807, 2.05) is 30.3 Å². The van der Waals surface area contributed by atoms with Crippen molar-refractivity contribution < 1.29 is 9.72 Å². The molecule has 1 amide bonds. The van der Waals surface area contributed by atoms with Crippen molar-refractivity contribution >= 4 is 22.2 Å². The van der Waals surface area contributed by atoms with Gasteiger partial charge in [0.25, 0.3) is 5.91 Å². The maximum atomic E-state index is 11.7. The highest BCUT2D eigenvalue weighted by Gasteiger charge is 2.14. The van der Waals surface area contributed by atoms with E-state index >= 15 is 0 Å². The lowest BCUT2D eigenvalue weighted by atomic mass is 10.2. The second-order valence-electron chi connectivity index (χ2n) is 3.60. The molecule has 0 spiro atoms. The van der Waals surface area contributed by atoms with Crippen molar-refractivity contribution in [1.29, 1.82) is 0 Å². The third-order valence-corrected chi connectivity index (χ3v) is 3.20. The van der Waals surface area contributed by atoms with Crippen LogP contribution in [0.3, 0.4) is 0 Å². The second-order valence-corrected chi connectivity index (χ2v) is 4.49. The molecule has 2 aromatic rings. The Morgan fingerprint density at radius 3 is 2.67 bits per heavy atom. The molecule has 2 rings (SSSR count). The normalized spacial score (nSPS) is 10.0. The summed E-state index contributed by atoms with van der Waals surface area (Å²) in [6, 6.07) is 10.7. The number of carbonyl (C=O) groups is 1. The van der Waals surface area contributed by atoms with E-state index in [9.17, 15) is 14.9 Å². The van der Waals surface area contributed by atoms with Gasteiger partial charge in [-0.05, 0) is 5.56 Å². The van der Waals surface area contributed by atoms with E-state index in [0.717, 1.165) is 16.9 Å². The van der Waals surface area contributed by atoms with Crippen molar-refractivity contribution in [3.05, 3.63) is 63.0 Å². The summed E-state index contributed by atoms with van der Waals surface area (Å²) in [4.78, 5) is 21.7. The molecule has 1 aromatic carbocycles. The van der Waals surface area contributed by atoms with Crippen LogP contribution < -0.4 is 5.32 Å². The van der Waals surface area contributed by atoms with Crippen molar-refractivity contribution in [3.63, 3.8) is 0 Å². The van der Waals surface area contributed by atoms with Gasteiger partial charge in [-0.2, -0.15) is 0 Å². The minimum Gasteiger partial charge on any atom is -0.348 e. The third kappa shape index (κ3) is 2.92. The zero-order valence-corrected chi connectivity index (χ0v) is 10.1. The van der Waals surface area contributed by atoms with Crippen molar-refractivity contribution in [2.24, 2.45) is 0 Å². The highest BCUT2D eigenvalue weighted by molar-refractivity contribution is 7.13. The minimum atomic E-state index is -0.501. The van der Waals surface area contributed by atoms with E-state index < -0.39 is 4.92 Å². The quantitative estimate of drug-likeness (QED) is 0.680. The van der Waals surface area contributed by atoms with Crippen LogP contribution in [0, 0.1) is 10.1 Å². The van der Waals surface area contributed by atoms with Crippen molar-refractivity contribution in [1.82, 2.24) is 5.32 Å². The van der Waals surface area contributed by atoms with E-state index in [0.29, 0.717) is 12.1 Å². The molecule has 6 heteroatoms. The molecule has 1 N–H and O–H groups in total. The first-order valence-electron chi connectivity index (χ1n) is 5.22. The first kappa shape index (κ1) is 12.3. The fraction of sp³-hybridized carbons (Fsp3) is 0.0833. The predicted molar refractivity (Wildman–Crippen MR) is 68.6 cm³/mol. The first-order valence-corrected chi connectivity index (χ1v) is 6.10. The Balaban J connectivity index is 1.97. The first-order chi connectivity index (χ1) is 8.66. The molecule has 0 atom stereocenters. The van der Waals surface area contributed by atoms with Crippen molar-refractivity contribution in [2.45, 2.75) is 6.54 Å². The van der Waals surface area contributed by atoms with E-state index in [1.54, 1.807) is 0 Å². The lowest BCUT2D eigenvalue weighted by Crippen LogP contribution is -2.22. The number of hydrogen-bond acceptors (Lipinski definition) is 4. The standard InChI is InChI=1S/C12H10N2O3S/c15-12(10-6-11(14(16)17)18-8-10)13-7-9-4-2-1-3-5-9/h1-6,8H,7H2,(H,13,15). The molecule has 0 aliphatic carbocycles. The van der Waals surface area contributed by atoms with Gasteiger partial charge in [0.1, 0.15) is 0 Å². The van der Waals surface area contributed by atoms with Crippen LogP contribution in [0.5, 0.6) is 0 Å². The van der Waals surface area contributed by atoms with Crippen LogP contribution in [0.2, 0.25) is 0 Å². The van der Waals surface area contributed by atoms with Gasteiger partial charge < -0.3 is 5.32 Å². The lowest BCUT2D eigenvalue weighted by molar-refractivity contribution is -0.380. The van der Waals surface area contributed by atoms with Crippen LogP contribution in [0.1, 0.15) is 15.9 Å². The topological polar surface area (TPSA) is 72.2 Å². The van der Waals surface area contributed by atoms with Crippen LogP contribution in [0.15, 0.2) is 41.8 Å². The van der Waals surface area contributed by atoms with Gasteiger partial charge in [-0.3, -0.25) is 14.9 Å². The fourth-order valence-corrected chi connectivity index (χ4v) is 2.12. The molecule has 92 valence electrons. The molecule has 0 bridgehead atoms. The average molecular weight is 262 g/mol. The molecular formula is C12H10N2O3S. The SMILES string of the molecule is O=C(NCc1ccccc1)c1csc([N+](=O)[O-])c1. The number of benzene rings is 1. The van der Waals surface area contributed by atoms with Gasteiger partial charge in [0.05, 0.1) is 10.5 Å². The molecule has 1 aromatic heterocycles. The average Bonchev–Trinajstić information content (AvgIpc) is 2.87. The molecule has 0 unspecified atom stereocenters. The smallest absolute Gasteiger partial charge is 0.324 e. The van der Waals surface area contributed by atoms with E-state index in [1.165, 1.54) is 11.4 Å². The summed E-state index contributed by atoms with van der Waals surface area (Å²) in [5.74, 6) is -0.303. The van der Waals surface area contributed by atoms with Crippen LogP contribution in [-0.4, -0.2) is 10.8 Å². The Morgan fingerprint density at radius 2 is 2.06 bits per heavy atom. The molecule has 0 radical (unpaired) electrons. The van der Waals surface area contributed by atoms with Gasteiger partial charge in [0.2, 0.25) is 0 Å². The molecule has 0 saturated heterocycles. The molecule has 1 heterocycles. The fourth-order valence-electron chi connectivity index (χ4n) is 1.42. The Kier molecular flexibility index (Phi) is 3.69. The minimum absolute atomic E-state index is 0.0279. The van der Waals surface area contributed by atoms with Gasteiger partial charge >= 0.3 is 5.00 Å². The third-order valence-electron chi connectivity index (χ3n) is 2.32. The van der Waals surface area contributed by atoms with Crippen LogP contribution >= 0.6 is 11.3 Å². The summed E-state index contributed by atoms with van der Waals surface area (Å²) in [6.45, 7) is 0.406. The number of carbonyl (C=O) groups excluding carboxylic acids is 1. The van der Waals surface area contributed by atoms with Gasteiger partial charge in [0.15, 0.2) is 0 Å². The van der Waals surface area contributed by atoms with Gasteiger partial charge in [-0.15, -0.1) is 0 Å². The van der Waals surface area contributed by atoms with Crippen LogP contribution in [0.4, 0.5) is 5.00 Å². The zero-order chi connectivity index (χ0) is 13.0. The van der Waals surface area contributed by atoms with E-state index in [-0.39, 0.29) is 10.9 Å². The summed E-state index contributed by atoms with van der Waals surface area (Å²) >= 11 is 0.948. The Bertz CT molecular complexity index is 566. The van der Waals surface area contributed by atoms with Gasteiger partial charge in [-0.25, -0.2) is 0 Å². The Hall–Kier alpha value is -2.21. The molecule has 0 saturated carbocycles. The lowest BCUT2D eigenvalue weighted by Gasteiger charge is -2.03. The van der Waals surface area contributed by atoms with Crippen molar-refractivity contribution in [3.8, 4) is 0 Å². The van der Waals surface area contributed by atoms with E-state index in [2.05, 4.69) is 5.32 Å². The highest BCUT2D eigenvalue weighted by atomic mass is 32.1. The number of nitrogens with zero attached hydrogens (tertiary/aromatic N) is 1. The zero-order valence-electron chi connectivity index (χ0n) is 9.33. The number of nitrogens with one attached hydrogen (secondary N) is 1. The number of hydrogen-bond donors (Lipinski definition) is 1. The van der Waals surface area contributed by atoms with Gasteiger partial charge in [-0.1, -0.05) is 41.7 Å². The molecular weight excluding hydrogens is 252 g/mol. The van der Waals surface area contributed by atoms with Crippen LogP contribution in [-0.2, 0) is 6.54 Å². The van der Waals surface area contributed by atoms with Gasteiger partial charge in [0, 0.05) is 18.0 Å². The number of amides is 1. The summed E-state index contributed by atoms with van der Waals surface area (Å²) in [5.41, 5.74) is 1.30. The monoisotopic (exact) mass is 262 g/mol. The van der Waals surface area contributed by atoms with E-state index in [4.69, 9.17) is 0 Å². The number of rotatable bonds is 4. The molecule has 18 heavy (non-hydrogen) atoms. The number of nitro groups is 1. The molecule has 5 nitrogen and oxygen atoms in total. The summed E-state index contributed by atoms with van der Waals surface area (Å²) in [5, 5.41) is 14.7. The summed E-state index contributed by atoms with van der Waals surface area (Å²) in [7, 11) is 0. The summed E-state index contributed by atoms with van der Waals surface area (Å²) < 4.78 is 0. The summed E-state index contributed by atoms with van der Waals surface area (Å²) in [6.07, 6.45) is 0. The Morgan fingerprint density at radius 1 is 1.33 bits per heavy atom. The maximum Gasteiger partial charge on any atom is 0.324 e. The largest absolute Gasteiger partial charge is 0.348 e. The van der Waals surface area contributed by atoms with Crippen molar-refractivity contribution in [2.75, 3.05) is 0 Å². The highest BCUT2D eigenvalue weighted by Crippen LogP contribution is 2.22.